The molecule has 1 heterocycles. The van der Waals surface area contributed by atoms with Crippen LogP contribution in [0.2, 0.25) is 0 Å². The third kappa shape index (κ3) is 3.21. The maximum absolute atomic E-state index is 5.87. The topological polar surface area (TPSA) is 9.23 Å². The Hall–Kier alpha value is -1.67. The van der Waals surface area contributed by atoms with Crippen LogP contribution in [0.1, 0.15) is 12.0 Å². The largest absolute Gasteiger partial charge is 0.489 e. The van der Waals surface area contributed by atoms with E-state index < -0.39 is 0 Å². The molecule has 19 heavy (non-hydrogen) atoms. The lowest BCUT2D eigenvalue weighted by Crippen LogP contribution is -1.98. The molecule has 2 heteroatoms. The number of benzene rings is 2. The molecule has 0 saturated carbocycles. The van der Waals surface area contributed by atoms with Crippen molar-refractivity contribution in [1.82, 2.24) is 0 Å². The van der Waals surface area contributed by atoms with Crippen LogP contribution in [0.15, 0.2) is 70.5 Å². The summed E-state index contributed by atoms with van der Waals surface area (Å²) in [4.78, 5) is 1.27. The molecule has 1 aliphatic rings. The van der Waals surface area contributed by atoms with E-state index in [2.05, 4.69) is 47.9 Å². The van der Waals surface area contributed by atoms with Gasteiger partial charge in [-0.1, -0.05) is 48.2 Å². The number of rotatable bonds is 2. The van der Waals surface area contributed by atoms with Crippen LogP contribution < -0.4 is 4.74 Å². The highest BCUT2D eigenvalue weighted by Gasteiger charge is 2.10. The molecule has 0 radical (unpaired) electrons. The molecule has 0 spiro atoms. The van der Waals surface area contributed by atoms with E-state index in [-0.39, 0.29) is 0 Å². The summed E-state index contributed by atoms with van der Waals surface area (Å²) in [6.07, 6.45) is 2.15. The Morgan fingerprint density at radius 1 is 0.895 bits per heavy atom. The maximum Gasteiger partial charge on any atom is 0.122 e. The van der Waals surface area contributed by atoms with Crippen molar-refractivity contribution in [3.05, 3.63) is 71.1 Å². The van der Waals surface area contributed by atoms with Gasteiger partial charge in [-0.05, 0) is 47.6 Å². The van der Waals surface area contributed by atoms with Crippen LogP contribution in [0.3, 0.4) is 0 Å². The normalized spacial score (nSPS) is 16.5. The van der Waals surface area contributed by atoms with Crippen LogP contribution in [-0.2, 0) is 6.42 Å². The van der Waals surface area contributed by atoms with Gasteiger partial charge >= 0.3 is 0 Å². The molecule has 0 saturated heterocycles. The number of fused-ring (bicyclic) bond motifs is 1. The molecule has 0 unspecified atom stereocenters. The smallest absolute Gasteiger partial charge is 0.122 e. The quantitative estimate of drug-likeness (QED) is 0.731. The van der Waals surface area contributed by atoms with E-state index in [4.69, 9.17) is 4.74 Å². The lowest BCUT2D eigenvalue weighted by molar-refractivity contribution is 0.353. The van der Waals surface area contributed by atoms with E-state index >= 15 is 0 Å². The molecule has 0 fully saturated rings. The van der Waals surface area contributed by atoms with Gasteiger partial charge in [-0.25, -0.2) is 0 Å². The second kappa shape index (κ2) is 5.98. The molecule has 0 bridgehead atoms. The van der Waals surface area contributed by atoms with E-state index in [0.29, 0.717) is 6.61 Å². The second-order valence-electron chi connectivity index (χ2n) is 4.60. The number of hydrogen-bond acceptors (Lipinski definition) is 2. The van der Waals surface area contributed by atoms with Crippen molar-refractivity contribution in [2.45, 2.75) is 17.7 Å². The van der Waals surface area contributed by atoms with E-state index in [1.807, 2.05) is 12.1 Å². The van der Waals surface area contributed by atoms with Crippen molar-refractivity contribution in [2.24, 2.45) is 0 Å². The lowest BCUT2D eigenvalue weighted by atomic mass is 10.1. The van der Waals surface area contributed by atoms with Crippen LogP contribution in [0, 0.1) is 0 Å². The Labute approximate surface area is 118 Å². The van der Waals surface area contributed by atoms with Crippen molar-refractivity contribution in [1.29, 1.82) is 0 Å². The minimum Gasteiger partial charge on any atom is -0.489 e. The molecule has 3 rings (SSSR count). The van der Waals surface area contributed by atoms with Crippen LogP contribution in [0.25, 0.3) is 0 Å². The van der Waals surface area contributed by atoms with Crippen molar-refractivity contribution in [2.75, 3.05) is 6.61 Å². The predicted octanol–water partition coefficient (Wildman–Crippen LogP) is 4.69. The summed E-state index contributed by atoms with van der Waals surface area (Å²) in [5.41, 5.74) is 2.68. The summed E-state index contributed by atoms with van der Waals surface area (Å²) < 4.78 is 5.87. The molecule has 2 aromatic rings. The van der Waals surface area contributed by atoms with Gasteiger partial charge < -0.3 is 4.74 Å². The first-order valence-electron chi connectivity index (χ1n) is 6.52. The molecule has 1 aliphatic heterocycles. The average molecular weight is 268 g/mol. The van der Waals surface area contributed by atoms with Gasteiger partial charge in [0.25, 0.3) is 0 Å². The first-order valence-corrected chi connectivity index (χ1v) is 7.40. The van der Waals surface area contributed by atoms with Gasteiger partial charge in [0.05, 0.1) is 0 Å². The molecule has 0 amide bonds. The molecule has 0 N–H and O–H groups in total. The van der Waals surface area contributed by atoms with Crippen molar-refractivity contribution >= 4 is 11.8 Å². The Morgan fingerprint density at radius 2 is 1.68 bits per heavy atom. The monoisotopic (exact) mass is 268 g/mol. The zero-order chi connectivity index (χ0) is 12.9. The van der Waals surface area contributed by atoms with Gasteiger partial charge in [-0.3, -0.25) is 0 Å². The summed E-state index contributed by atoms with van der Waals surface area (Å²) in [6.45, 7) is 0.705. The zero-order valence-electron chi connectivity index (χ0n) is 10.7. The standard InChI is InChI=1S/C17H16OS/c1-2-7-16(8-3-1)19-13-14-10-11-15-6-4-5-9-17(15)18-12-14/h1-9,13H,10-12H2/b14-13+. The van der Waals surface area contributed by atoms with Gasteiger partial charge in [0.1, 0.15) is 12.4 Å². The van der Waals surface area contributed by atoms with Crippen LogP contribution >= 0.6 is 11.8 Å². The van der Waals surface area contributed by atoms with Crippen molar-refractivity contribution < 1.29 is 4.74 Å². The highest BCUT2D eigenvalue weighted by molar-refractivity contribution is 8.02. The Kier molecular flexibility index (Phi) is 3.89. The first kappa shape index (κ1) is 12.4. The van der Waals surface area contributed by atoms with E-state index in [1.165, 1.54) is 16.0 Å². The van der Waals surface area contributed by atoms with E-state index in [0.717, 1.165) is 18.6 Å². The summed E-state index contributed by atoms with van der Waals surface area (Å²) >= 11 is 1.77. The fraction of sp³-hybridized carbons (Fsp3) is 0.176. The summed E-state index contributed by atoms with van der Waals surface area (Å²) in [5.74, 6) is 1.04. The van der Waals surface area contributed by atoms with E-state index in [9.17, 15) is 0 Å². The van der Waals surface area contributed by atoms with Crippen LogP contribution in [-0.4, -0.2) is 6.61 Å². The van der Waals surface area contributed by atoms with Crippen LogP contribution in [0.4, 0.5) is 0 Å². The van der Waals surface area contributed by atoms with Gasteiger partial charge in [0.2, 0.25) is 0 Å². The number of hydrogen-bond donors (Lipinski definition) is 0. The number of aryl methyl sites for hydroxylation is 1. The molecular formula is C17H16OS. The Morgan fingerprint density at radius 3 is 2.58 bits per heavy atom. The fourth-order valence-corrected chi connectivity index (χ4v) is 2.94. The predicted molar refractivity (Wildman–Crippen MR) is 80.6 cm³/mol. The first-order chi connectivity index (χ1) is 9.42. The fourth-order valence-electron chi connectivity index (χ4n) is 2.13. The molecule has 96 valence electrons. The van der Waals surface area contributed by atoms with Gasteiger partial charge in [-0.15, -0.1) is 0 Å². The highest BCUT2D eigenvalue weighted by Crippen LogP contribution is 2.28. The van der Waals surface area contributed by atoms with E-state index in [1.54, 1.807) is 11.8 Å². The van der Waals surface area contributed by atoms with Gasteiger partial charge in [-0.2, -0.15) is 0 Å². The number of thioether (sulfide) groups is 1. The van der Waals surface area contributed by atoms with Crippen LogP contribution in [0.5, 0.6) is 5.75 Å². The van der Waals surface area contributed by atoms with Crippen molar-refractivity contribution in [3.63, 3.8) is 0 Å². The SMILES string of the molecule is C(/Sc1ccccc1)=C1/CCc2ccccc2OC1. The van der Waals surface area contributed by atoms with Gasteiger partial charge in [0.15, 0.2) is 0 Å². The summed E-state index contributed by atoms with van der Waals surface area (Å²) in [6, 6.07) is 18.8. The Balaban J connectivity index is 1.68. The zero-order valence-corrected chi connectivity index (χ0v) is 11.5. The third-order valence-corrected chi connectivity index (χ3v) is 4.20. The molecule has 2 aromatic carbocycles. The Bertz CT molecular complexity index is 546. The second-order valence-corrected chi connectivity index (χ2v) is 5.55. The summed E-state index contributed by atoms with van der Waals surface area (Å²) in [5, 5.41) is 2.24. The third-order valence-electron chi connectivity index (χ3n) is 3.21. The summed E-state index contributed by atoms with van der Waals surface area (Å²) in [7, 11) is 0. The minimum atomic E-state index is 0.705. The van der Waals surface area contributed by atoms with Gasteiger partial charge in [0, 0.05) is 4.90 Å². The van der Waals surface area contributed by atoms with Crippen molar-refractivity contribution in [3.8, 4) is 5.75 Å². The molecule has 0 aromatic heterocycles. The minimum absolute atomic E-state index is 0.705. The molecule has 1 nitrogen and oxygen atoms in total. The highest BCUT2D eigenvalue weighted by atomic mass is 32.2. The molecule has 0 aliphatic carbocycles. The lowest BCUT2D eigenvalue weighted by Gasteiger charge is -2.05. The number of para-hydroxylation sites is 1. The maximum atomic E-state index is 5.87. The number of ether oxygens (including phenoxy) is 1. The molecule has 0 atom stereocenters. The average Bonchev–Trinajstić information content (AvgIpc) is 2.69. The molecular weight excluding hydrogens is 252 g/mol.